The van der Waals surface area contributed by atoms with Crippen LogP contribution < -0.4 is 15.0 Å². The number of carbonyl (C=O) groups is 1. The van der Waals surface area contributed by atoms with E-state index < -0.39 is 0 Å². The first kappa shape index (κ1) is 20.8. The van der Waals surface area contributed by atoms with Gasteiger partial charge in [0.1, 0.15) is 5.75 Å². The number of aryl methyl sites for hydroxylation is 1. The SMILES string of the molecule is CCc1ccc(CNC(=O)[C@H]2CCCN(c3nccnc3Oc3ccccc3)C2)cc1. The van der Waals surface area contributed by atoms with Gasteiger partial charge in [0.15, 0.2) is 5.82 Å². The average Bonchev–Trinajstić information content (AvgIpc) is 2.84. The number of nitrogens with one attached hydrogen (secondary N) is 1. The van der Waals surface area contributed by atoms with E-state index in [0.29, 0.717) is 30.5 Å². The molecule has 1 N–H and O–H groups in total. The van der Waals surface area contributed by atoms with Crippen LogP contribution >= 0.6 is 0 Å². The molecule has 0 spiro atoms. The number of rotatable bonds is 7. The van der Waals surface area contributed by atoms with Gasteiger partial charge < -0.3 is 15.0 Å². The van der Waals surface area contributed by atoms with Crippen molar-refractivity contribution in [3.05, 3.63) is 78.1 Å². The minimum atomic E-state index is -0.0877. The smallest absolute Gasteiger partial charge is 0.263 e. The first-order valence-corrected chi connectivity index (χ1v) is 10.9. The summed E-state index contributed by atoms with van der Waals surface area (Å²) in [5.74, 6) is 1.85. The Morgan fingerprint density at radius 3 is 2.58 bits per heavy atom. The highest BCUT2D eigenvalue weighted by Crippen LogP contribution is 2.31. The summed E-state index contributed by atoms with van der Waals surface area (Å²) >= 11 is 0. The zero-order chi connectivity index (χ0) is 21.5. The molecule has 2 heterocycles. The molecule has 0 bridgehead atoms. The Labute approximate surface area is 183 Å². The molecule has 1 saturated heterocycles. The van der Waals surface area contributed by atoms with Gasteiger partial charge in [-0.2, -0.15) is 0 Å². The van der Waals surface area contributed by atoms with E-state index in [2.05, 4.69) is 51.4 Å². The van der Waals surface area contributed by atoms with Crippen molar-refractivity contribution in [2.75, 3.05) is 18.0 Å². The summed E-state index contributed by atoms with van der Waals surface area (Å²) in [6.45, 7) is 4.11. The molecular formula is C25H28N4O2. The van der Waals surface area contributed by atoms with Crippen molar-refractivity contribution >= 4 is 11.7 Å². The lowest BCUT2D eigenvalue weighted by Crippen LogP contribution is -2.43. The number of amides is 1. The maximum absolute atomic E-state index is 12.8. The lowest BCUT2D eigenvalue weighted by atomic mass is 9.97. The number of nitrogens with zero attached hydrogens (tertiary/aromatic N) is 3. The van der Waals surface area contributed by atoms with Crippen molar-refractivity contribution in [3.63, 3.8) is 0 Å². The average molecular weight is 417 g/mol. The summed E-state index contributed by atoms with van der Waals surface area (Å²) in [7, 11) is 0. The summed E-state index contributed by atoms with van der Waals surface area (Å²) < 4.78 is 5.97. The number of anilines is 1. The van der Waals surface area contributed by atoms with Crippen LogP contribution in [0.2, 0.25) is 0 Å². The third kappa shape index (κ3) is 5.40. The number of carbonyl (C=O) groups excluding carboxylic acids is 1. The van der Waals surface area contributed by atoms with Gasteiger partial charge in [-0.1, -0.05) is 49.4 Å². The predicted molar refractivity (Wildman–Crippen MR) is 121 cm³/mol. The highest BCUT2D eigenvalue weighted by atomic mass is 16.5. The molecular weight excluding hydrogens is 388 g/mol. The monoisotopic (exact) mass is 416 g/mol. The molecule has 160 valence electrons. The molecule has 6 heteroatoms. The molecule has 3 aromatic rings. The van der Waals surface area contributed by atoms with E-state index in [0.717, 1.165) is 31.4 Å². The number of aromatic nitrogens is 2. The van der Waals surface area contributed by atoms with E-state index in [9.17, 15) is 4.79 Å². The largest absolute Gasteiger partial charge is 0.436 e. The molecule has 0 saturated carbocycles. The van der Waals surface area contributed by atoms with Gasteiger partial charge in [-0.05, 0) is 42.5 Å². The van der Waals surface area contributed by atoms with Crippen LogP contribution in [0.15, 0.2) is 67.0 Å². The molecule has 6 nitrogen and oxygen atoms in total. The van der Waals surface area contributed by atoms with Gasteiger partial charge in [0.2, 0.25) is 5.91 Å². The third-order valence-electron chi connectivity index (χ3n) is 5.59. The molecule has 1 amide bonds. The van der Waals surface area contributed by atoms with E-state index in [1.54, 1.807) is 12.4 Å². The fraction of sp³-hybridized carbons (Fsp3) is 0.320. The van der Waals surface area contributed by atoms with Gasteiger partial charge in [0.25, 0.3) is 5.88 Å². The lowest BCUT2D eigenvalue weighted by molar-refractivity contribution is -0.125. The molecule has 1 atom stereocenters. The van der Waals surface area contributed by atoms with Crippen LogP contribution in [0.5, 0.6) is 11.6 Å². The van der Waals surface area contributed by atoms with Crippen LogP contribution in [0.1, 0.15) is 30.9 Å². The third-order valence-corrected chi connectivity index (χ3v) is 5.59. The number of hydrogen-bond donors (Lipinski definition) is 1. The summed E-state index contributed by atoms with van der Waals surface area (Å²) in [5.41, 5.74) is 2.42. The molecule has 2 aromatic carbocycles. The molecule has 1 aliphatic heterocycles. The molecule has 1 fully saturated rings. The highest BCUT2D eigenvalue weighted by Gasteiger charge is 2.28. The van der Waals surface area contributed by atoms with Crippen molar-refractivity contribution in [1.82, 2.24) is 15.3 Å². The number of hydrogen-bond acceptors (Lipinski definition) is 5. The Hall–Kier alpha value is -3.41. The summed E-state index contributed by atoms with van der Waals surface area (Å²) in [4.78, 5) is 23.8. The fourth-order valence-electron chi connectivity index (χ4n) is 3.82. The molecule has 0 radical (unpaired) electrons. The van der Waals surface area contributed by atoms with E-state index in [1.807, 2.05) is 30.3 Å². The van der Waals surface area contributed by atoms with E-state index in [4.69, 9.17) is 4.74 Å². The number of ether oxygens (including phenoxy) is 1. The van der Waals surface area contributed by atoms with Crippen LogP contribution in [-0.2, 0) is 17.8 Å². The van der Waals surface area contributed by atoms with Crippen LogP contribution in [0.4, 0.5) is 5.82 Å². The minimum absolute atomic E-state index is 0.0821. The quantitative estimate of drug-likeness (QED) is 0.620. The Balaban J connectivity index is 1.39. The first-order valence-electron chi connectivity index (χ1n) is 10.9. The van der Waals surface area contributed by atoms with Crippen molar-refractivity contribution in [2.45, 2.75) is 32.7 Å². The van der Waals surface area contributed by atoms with Crippen molar-refractivity contribution < 1.29 is 9.53 Å². The fourth-order valence-corrected chi connectivity index (χ4v) is 3.82. The van der Waals surface area contributed by atoms with Crippen molar-refractivity contribution in [1.29, 1.82) is 0 Å². The molecule has 31 heavy (non-hydrogen) atoms. The van der Waals surface area contributed by atoms with Gasteiger partial charge >= 0.3 is 0 Å². The summed E-state index contributed by atoms with van der Waals surface area (Å²) in [5, 5.41) is 3.10. The highest BCUT2D eigenvalue weighted by molar-refractivity contribution is 5.79. The molecule has 1 aromatic heterocycles. The second-order valence-electron chi connectivity index (χ2n) is 7.77. The lowest BCUT2D eigenvalue weighted by Gasteiger charge is -2.33. The van der Waals surface area contributed by atoms with Crippen LogP contribution in [-0.4, -0.2) is 29.0 Å². The van der Waals surface area contributed by atoms with E-state index in [1.165, 1.54) is 5.56 Å². The molecule has 4 rings (SSSR count). The Morgan fingerprint density at radius 2 is 1.81 bits per heavy atom. The maximum Gasteiger partial charge on any atom is 0.263 e. The second kappa shape index (κ2) is 10.1. The molecule has 1 aliphatic rings. The Kier molecular flexibility index (Phi) is 6.77. The zero-order valence-electron chi connectivity index (χ0n) is 17.8. The number of para-hydroxylation sites is 1. The maximum atomic E-state index is 12.8. The van der Waals surface area contributed by atoms with Crippen LogP contribution in [0.25, 0.3) is 0 Å². The summed E-state index contributed by atoms with van der Waals surface area (Å²) in [6, 6.07) is 18.0. The van der Waals surface area contributed by atoms with E-state index >= 15 is 0 Å². The Bertz CT molecular complexity index is 992. The van der Waals surface area contributed by atoms with Gasteiger partial charge in [-0.3, -0.25) is 4.79 Å². The number of piperidine rings is 1. The minimum Gasteiger partial charge on any atom is -0.436 e. The van der Waals surface area contributed by atoms with Crippen LogP contribution in [0, 0.1) is 5.92 Å². The van der Waals surface area contributed by atoms with Gasteiger partial charge in [-0.25, -0.2) is 9.97 Å². The van der Waals surface area contributed by atoms with Gasteiger partial charge in [-0.15, -0.1) is 0 Å². The summed E-state index contributed by atoms with van der Waals surface area (Å²) in [6.07, 6.45) is 6.09. The standard InChI is InChI=1S/C25H28N4O2/c1-2-19-10-12-20(13-11-19)17-28-24(30)21-7-6-16-29(18-21)23-25(27-15-14-26-23)31-22-8-4-3-5-9-22/h3-5,8-15,21H,2,6-7,16-18H2,1H3,(H,28,30)/t21-/m0/s1. The Morgan fingerprint density at radius 1 is 1.06 bits per heavy atom. The molecule has 0 aliphatic carbocycles. The van der Waals surface area contributed by atoms with Gasteiger partial charge in [0, 0.05) is 32.0 Å². The van der Waals surface area contributed by atoms with Gasteiger partial charge in [0.05, 0.1) is 5.92 Å². The van der Waals surface area contributed by atoms with E-state index in [-0.39, 0.29) is 11.8 Å². The van der Waals surface area contributed by atoms with Crippen molar-refractivity contribution in [2.24, 2.45) is 5.92 Å². The topological polar surface area (TPSA) is 67.4 Å². The van der Waals surface area contributed by atoms with Crippen LogP contribution in [0.3, 0.4) is 0 Å². The first-order chi connectivity index (χ1) is 15.2. The normalized spacial score (nSPS) is 16.0. The predicted octanol–water partition coefficient (Wildman–Crippen LogP) is 4.36. The second-order valence-corrected chi connectivity index (χ2v) is 7.77. The number of benzene rings is 2. The molecule has 0 unspecified atom stereocenters. The zero-order valence-corrected chi connectivity index (χ0v) is 17.8. The van der Waals surface area contributed by atoms with Crippen molar-refractivity contribution in [3.8, 4) is 11.6 Å².